The average molecular weight is 323 g/mol. The van der Waals surface area contributed by atoms with Gasteiger partial charge in [-0.3, -0.25) is 4.79 Å². The smallest absolute Gasteiger partial charge is 0.246 e. The molecular formula is C18H21N5O. The van der Waals surface area contributed by atoms with Crippen molar-refractivity contribution in [3.05, 3.63) is 41.5 Å². The normalized spacial score (nSPS) is 16.7. The molecule has 24 heavy (non-hydrogen) atoms. The van der Waals surface area contributed by atoms with Gasteiger partial charge in [0.25, 0.3) is 0 Å². The van der Waals surface area contributed by atoms with E-state index < -0.39 is 0 Å². The summed E-state index contributed by atoms with van der Waals surface area (Å²) in [6, 6.07) is 7.91. The van der Waals surface area contributed by atoms with E-state index in [2.05, 4.69) is 20.6 Å². The molecule has 0 aliphatic heterocycles. The second-order valence-electron chi connectivity index (χ2n) is 6.82. The number of carbonyl (C=O) groups is 1. The summed E-state index contributed by atoms with van der Waals surface area (Å²) in [6.45, 7) is 0.602. The lowest BCUT2D eigenvalue weighted by atomic mass is 10.1. The molecule has 1 N–H and O–H groups in total. The number of tetrazole rings is 1. The first-order valence-corrected chi connectivity index (χ1v) is 8.50. The molecule has 2 aromatic rings. The predicted molar refractivity (Wildman–Crippen MR) is 89.6 cm³/mol. The topological polar surface area (TPSA) is 74.8 Å². The number of benzene rings is 1. The molecule has 0 radical (unpaired) electrons. The van der Waals surface area contributed by atoms with Crippen molar-refractivity contribution >= 4 is 5.91 Å². The van der Waals surface area contributed by atoms with E-state index in [0.29, 0.717) is 24.2 Å². The Kier molecular flexibility index (Phi) is 3.88. The minimum Gasteiger partial charge on any atom is -0.338 e. The molecule has 124 valence electrons. The third-order valence-corrected chi connectivity index (χ3v) is 4.74. The maximum atomic E-state index is 12.5. The first kappa shape index (κ1) is 15.1. The van der Waals surface area contributed by atoms with Gasteiger partial charge in [-0.2, -0.15) is 5.21 Å². The molecule has 1 aromatic heterocycles. The van der Waals surface area contributed by atoms with Gasteiger partial charge < -0.3 is 4.90 Å². The number of H-pyrrole nitrogens is 1. The highest BCUT2D eigenvalue weighted by Crippen LogP contribution is 2.48. The molecule has 0 atom stereocenters. The number of hydrogen-bond donors (Lipinski definition) is 1. The minimum absolute atomic E-state index is 0.117. The van der Waals surface area contributed by atoms with E-state index in [1.54, 1.807) is 4.90 Å². The van der Waals surface area contributed by atoms with Gasteiger partial charge in [0.1, 0.15) is 0 Å². The zero-order chi connectivity index (χ0) is 16.5. The van der Waals surface area contributed by atoms with Gasteiger partial charge >= 0.3 is 0 Å². The van der Waals surface area contributed by atoms with E-state index in [-0.39, 0.29) is 5.91 Å². The summed E-state index contributed by atoms with van der Waals surface area (Å²) in [7, 11) is 1.86. The van der Waals surface area contributed by atoms with Crippen LogP contribution in [0.5, 0.6) is 0 Å². The standard InChI is InChI=1S/C18H21N5O/c1-23(17(24)10-16(13-6-7-13)14-8-9-14)11-12-2-4-15(5-3-12)18-19-21-22-20-18/h2-5,10,13-14H,6-9,11H2,1H3,(H,19,20,21,22). The number of rotatable bonds is 6. The highest BCUT2D eigenvalue weighted by molar-refractivity contribution is 5.88. The summed E-state index contributed by atoms with van der Waals surface area (Å²) >= 11 is 0. The van der Waals surface area contributed by atoms with Crippen LogP contribution < -0.4 is 0 Å². The van der Waals surface area contributed by atoms with E-state index in [1.807, 2.05) is 37.4 Å². The molecule has 2 aliphatic carbocycles. The average Bonchev–Trinajstić information content (AvgIpc) is 3.53. The molecule has 0 unspecified atom stereocenters. The lowest BCUT2D eigenvalue weighted by molar-refractivity contribution is -0.125. The molecule has 1 aromatic carbocycles. The summed E-state index contributed by atoms with van der Waals surface area (Å²) in [4.78, 5) is 14.3. The summed E-state index contributed by atoms with van der Waals surface area (Å²) in [5.41, 5.74) is 3.40. The lowest BCUT2D eigenvalue weighted by Crippen LogP contribution is -2.24. The van der Waals surface area contributed by atoms with Crippen LogP contribution in [0.25, 0.3) is 11.4 Å². The van der Waals surface area contributed by atoms with Crippen molar-refractivity contribution in [3.8, 4) is 11.4 Å². The Bertz CT molecular complexity index is 728. The summed E-state index contributed by atoms with van der Waals surface area (Å²) in [6.07, 6.45) is 6.95. The van der Waals surface area contributed by atoms with Crippen LogP contribution in [0.2, 0.25) is 0 Å². The van der Waals surface area contributed by atoms with Crippen LogP contribution in [-0.2, 0) is 11.3 Å². The second-order valence-corrected chi connectivity index (χ2v) is 6.82. The molecule has 0 saturated heterocycles. The molecule has 4 rings (SSSR count). The Morgan fingerprint density at radius 1 is 1.21 bits per heavy atom. The van der Waals surface area contributed by atoms with E-state index in [9.17, 15) is 4.79 Å². The molecule has 1 amide bonds. The molecule has 6 nitrogen and oxygen atoms in total. The first-order valence-electron chi connectivity index (χ1n) is 8.50. The van der Waals surface area contributed by atoms with E-state index >= 15 is 0 Å². The number of allylic oxidation sites excluding steroid dienone is 1. The molecule has 2 fully saturated rings. The fourth-order valence-corrected chi connectivity index (χ4v) is 3.05. The van der Waals surface area contributed by atoms with E-state index in [1.165, 1.54) is 31.3 Å². The third kappa shape index (κ3) is 3.37. The number of likely N-dealkylation sites (N-methyl/N-ethyl adjacent to an activating group) is 1. The van der Waals surface area contributed by atoms with Crippen LogP contribution in [0.1, 0.15) is 31.2 Å². The Labute approximate surface area is 140 Å². The van der Waals surface area contributed by atoms with Crippen LogP contribution in [-0.4, -0.2) is 38.5 Å². The van der Waals surface area contributed by atoms with Crippen molar-refractivity contribution in [1.82, 2.24) is 25.5 Å². The van der Waals surface area contributed by atoms with Gasteiger partial charge in [0.2, 0.25) is 11.7 Å². The number of carbonyl (C=O) groups excluding carboxylic acids is 1. The molecule has 0 spiro atoms. The number of hydrogen-bond acceptors (Lipinski definition) is 4. The summed E-state index contributed by atoms with van der Waals surface area (Å²) in [5.74, 6) is 2.06. The monoisotopic (exact) mass is 323 g/mol. The second kappa shape index (κ2) is 6.19. The highest BCUT2D eigenvalue weighted by atomic mass is 16.2. The van der Waals surface area contributed by atoms with Crippen molar-refractivity contribution in [2.75, 3.05) is 7.05 Å². The largest absolute Gasteiger partial charge is 0.338 e. The van der Waals surface area contributed by atoms with Crippen LogP contribution in [0, 0.1) is 11.8 Å². The molecule has 1 heterocycles. The van der Waals surface area contributed by atoms with Crippen LogP contribution in [0.3, 0.4) is 0 Å². The lowest BCUT2D eigenvalue weighted by Gasteiger charge is -2.16. The number of aromatic amines is 1. The van der Waals surface area contributed by atoms with Crippen molar-refractivity contribution in [2.45, 2.75) is 32.2 Å². The maximum Gasteiger partial charge on any atom is 0.246 e. The van der Waals surface area contributed by atoms with Crippen molar-refractivity contribution < 1.29 is 4.79 Å². The highest BCUT2D eigenvalue weighted by Gasteiger charge is 2.36. The molecule has 2 aliphatic rings. The van der Waals surface area contributed by atoms with Gasteiger partial charge in [0, 0.05) is 25.2 Å². The van der Waals surface area contributed by atoms with Gasteiger partial charge in [-0.05, 0) is 48.3 Å². The summed E-state index contributed by atoms with van der Waals surface area (Å²) in [5, 5.41) is 13.9. The number of amides is 1. The zero-order valence-electron chi connectivity index (χ0n) is 13.8. The fraction of sp³-hybridized carbons (Fsp3) is 0.444. The maximum absolute atomic E-state index is 12.5. The van der Waals surface area contributed by atoms with E-state index in [0.717, 1.165) is 11.1 Å². The molecule has 2 saturated carbocycles. The zero-order valence-corrected chi connectivity index (χ0v) is 13.8. The molecular weight excluding hydrogens is 302 g/mol. The van der Waals surface area contributed by atoms with Gasteiger partial charge in [0.05, 0.1) is 0 Å². The van der Waals surface area contributed by atoms with E-state index in [4.69, 9.17) is 0 Å². The van der Waals surface area contributed by atoms with Crippen molar-refractivity contribution in [1.29, 1.82) is 0 Å². The fourth-order valence-electron chi connectivity index (χ4n) is 3.05. The van der Waals surface area contributed by atoms with Crippen LogP contribution in [0.15, 0.2) is 35.9 Å². The molecule has 0 bridgehead atoms. The van der Waals surface area contributed by atoms with Gasteiger partial charge in [-0.25, -0.2) is 0 Å². The summed E-state index contributed by atoms with van der Waals surface area (Å²) < 4.78 is 0. The quantitative estimate of drug-likeness (QED) is 0.829. The predicted octanol–water partition coefficient (Wildman–Crippen LogP) is 2.57. The van der Waals surface area contributed by atoms with Crippen molar-refractivity contribution in [3.63, 3.8) is 0 Å². The molecule has 6 heteroatoms. The first-order chi connectivity index (χ1) is 11.7. The van der Waals surface area contributed by atoms with Gasteiger partial charge in [-0.1, -0.05) is 29.8 Å². The van der Waals surface area contributed by atoms with Crippen LogP contribution >= 0.6 is 0 Å². The Balaban J connectivity index is 1.40. The Hall–Kier alpha value is -2.50. The number of aromatic nitrogens is 4. The Morgan fingerprint density at radius 3 is 2.42 bits per heavy atom. The Morgan fingerprint density at radius 2 is 1.88 bits per heavy atom. The number of nitrogens with zero attached hydrogens (tertiary/aromatic N) is 4. The minimum atomic E-state index is 0.117. The van der Waals surface area contributed by atoms with Crippen LogP contribution in [0.4, 0.5) is 0 Å². The third-order valence-electron chi connectivity index (χ3n) is 4.74. The SMILES string of the molecule is CN(Cc1ccc(-c2nn[nH]n2)cc1)C(=O)C=C(C1CC1)C1CC1. The van der Waals surface area contributed by atoms with Gasteiger partial charge in [-0.15, -0.1) is 10.2 Å². The van der Waals surface area contributed by atoms with Crippen molar-refractivity contribution in [2.24, 2.45) is 11.8 Å². The van der Waals surface area contributed by atoms with Gasteiger partial charge in [0.15, 0.2) is 0 Å². The number of nitrogens with one attached hydrogen (secondary N) is 1.